The molecule has 0 aromatic rings. The van der Waals surface area contributed by atoms with Crippen molar-refractivity contribution in [3.8, 4) is 0 Å². The SMILES string of the molecule is N=C(/C=C(/N)O)C1CCC1. The van der Waals surface area contributed by atoms with Gasteiger partial charge in [0.25, 0.3) is 0 Å². The van der Waals surface area contributed by atoms with Gasteiger partial charge in [0, 0.05) is 17.7 Å². The quantitative estimate of drug-likeness (QED) is 0.398. The van der Waals surface area contributed by atoms with Gasteiger partial charge in [-0.25, -0.2) is 0 Å². The van der Waals surface area contributed by atoms with E-state index in [0.29, 0.717) is 11.6 Å². The van der Waals surface area contributed by atoms with E-state index >= 15 is 0 Å². The Morgan fingerprint density at radius 3 is 2.50 bits per heavy atom. The van der Waals surface area contributed by atoms with Gasteiger partial charge in [-0.05, 0) is 12.8 Å². The van der Waals surface area contributed by atoms with E-state index in [1.807, 2.05) is 0 Å². The molecule has 0 saturated heterocycles. The zero-order chi connectivity index (χ0) is 7.56. The summed E-state index contributed by atoms with van der Waals surface area (Å²) in [4.78, 5) is 0. The Morgan fingerprint density at radius 1 is 1.60 bits per heavy atom. The Hall–Kier alpha value is -0.990. The van der Waals surface area contributed by atoms with Crippen molar-refractivity contribution in [1.82, 2.24) is 0 Å². The molecule has 3 nitrogen and oxygen atoms in total. The zero-order valence-corrected chi connectivity index (χ0v) is 5.80. The van der Waals surface area contributed by atoms with Gasteiger partial charge in [0.2, 0.25) is 0 Å². The molecule has 1 saturated carbocycles. The van der Waals surface area contributed by atoms with Gasteiger partial charge < -0.3 is 16.2 Å². The summed E-state index contributed by atoms with van der Waals surface area (Å²) in [6, 6.07) is 0. The summed E-state index contributed by atoms with van der Waals surface area (Å²) in [6.07, 6.45) is 4.67. The number of aliphatic hydroxyl groups excluding tert-OH is 1. The van der Waals surface area contributed by atoms with Gasteiger partial charge in [0.05, 0.1) is 0 Å². The molecule has 56 valence electrons. The summed E-state index contributed by atoms with van der Waals surface area (Å²) in [5, 5.41) is 15.9. The van der Waals surface area contributed by atoms with E-state index in [-0.39, 0.29) is 5.88 Å². The van der Waals surface area contributed by atoms with Gasteiger partial charge in [0.15, 0.2) is 5.88 Å². The van der Waals surface area contributed by atoms with Gasteiger partial charge >= 0.3 is 0 Å². The van der Waals surface area contributed by atoms with Crippen molar-refractivity contribution in [2.45, 2.75) is 19.3 Å². The van der Waals surface area contributed by atoms with Gasteiger partial charge in [-0.3, -0.25) is 0 Å². The maximum atomic E-state index is 8.59. The van der Waals surface area contributed by atoms with Crippen molar-refractivity contribution < 1.29 is 5.11 Å². The molecule has 0 spiro atoms. The van der Waals surface area contributed by atoms with Crippen molar-refractivity contribution in [3.63, 3.8) is 0 Å². The molecule has 4 N–H and O–H groups in total. The predicted octanol–water partition coefficient (Wildman–Crippen LogP) is 1.16. The maximum absolute atomic E-state index is 8.59. The van der Waals surface area contributed by atoms with Crippen LogP contribution in [0.1, 0.15) is 19.3 Å². The summed E-state index contributed by atoms with van der Waals surface area (Å²) >= 11 is 0. The monoisotopic (exact) mass is 140 g/mol. The van der Waals surface area contributed by atoms with Gasteiger partial charge in [-0.2, -0.15) is 0 Å². The number of nitrogens with one attached hydrogen (secondary N) is 1. The number of hydrogen-bond donors (Lipinski definition) is 3. The van der Waals surface area contributed by atoms with E-state index in [2.05, 4.69) is 0 Å². The van der Waals surface area contributed by atoms with E-state index in [1.54, 1.807) is 0 Å². The molecule has 1 rings (SSSR count). The highest BCUT2D eigenvalue weighted by Gasteiger charge is 2.20. The molecule has 1 aliphatic carbocycles. The van der Waals surface area contributed by atoms with Crippen LogP contribution in [0.3, 0.4) is 0 Å². The molecule has 1 fully saturated rings. The van der Waals surface area contributed by atoms with Gasteiger partial charge in [0.1, 0.15) is 0 Å². The molecular weight excluding hydrogens is 128 g/mol. The predicted molar refractivity (Wildman–Crippen MR) is 40.0 cm³/mol. The Kier molecular flexibility index (Phi) is 1.94. The molecule has 0 atom stereocenters. The van der Waals surface area contributed by atoms with Crippen LogP contribution in [-0.2, 0) is 0 Å². The molecule has 0 unspecified atom stereocenters. The fourth-order valence-electron chi connectivity index (χ4n) is 0.996. The van der Waals surface area contributed by atoms with Crippen LogP contribution < -0.4 is 5.73 Å². The van der Waals surface area contributed by atoms with Gasteiger partial charge in [-0.15, -0.1) is 0 Å². The smallest absolute Gasteiger partial charge is 0.183 e. The highest BCUT2D eigenvalue weighted by atomic mass is 16.3. The molecule has 0 bridgehead atoms. The second kappa shape index (κ2) is 2.73. The minimum atomic E-state index is -0.253. The van der Waals surface area contributed by atoms with Crippen LogP contribution in [0, 0.1) is 11.3 Å². The van der Waals surface area contributed by atoms with Crippen molar-refractivity contribution in [1.29, 1.82) is 5.41 Å². The van der Waals surface area contributed by atoms with E-state index in [4.69, 9.17) is 16.2 Å². The molecule has 0 aromatic heterocycles. The van der Waals surface area contributed by atoms with Crippen LogP contribution in [-0.4, -0.2) is 10.8 Å². The normalized spacial score (nSPS) is 20.2. The first-order chi connectivity index (χ1) is 4.70. The summed E-state index contributed by atoms with van der Waals surface area (Å²) in [5.74, 6) is 0.0996. The number of hydrogen-bond acceptors (Lipinski definition) is 3. The lowest BCUT2D eigenvalue weighted by molar-refractivity contribution is 0.398. The average Bonchev–Trinajstić information content (AvgIpc) is 1.55. The highest BCUT2D eigenvalue weighted by Crippen LogP contribution is 2.27. The number of aliphatic hydroxyl groups is 1. The fraction of sp³-hybridized carbons (Fsp3) is 0.571. The molecule has 0 aliphatic heterocycles. The van der Waals surface area contributed by atoms with E-state index in [1.165, 1.54) is 12.5 Å². The zero-order valence-electron chi connectivity index (χ0n) is 5.80. The lowest BCUT2D eigenvalue weighted by Gasteiger charge is -2.24. The van der Waals surface area contributed by atoms with Crippen LogP contribution in [0.4, 0.5) is 0 Å². The number of nitrogens with two attached hydrogens (primary N) is 1. The Bertz CT molecular complexity index is 166. The van der Waals surface area contributed by atoms with E-state index < -0.39 is 0 Å². The number of rotatable bonds is 2. The minimum Gasteiger partial charge on any atom is -0.495 e. The first-order valence-electron chi connectivity index (χ1n) is 3.44. The molecule has 0 radical (unpaired) electrons. The Morgan fingerprint density at radius 2 is 2.20 bits per heavy atom. The van der Waals surface area contributed by atoms with Crippen LogP contribution in [0.2, 0.25) is 0 Å². The van der Waals surface area contributed by atoms with E-state index in [9.17, 15) is 0 Å². The molecule has 0 amide bonds. The lowest BCUT2D eigenvalue weighted by Crippen LogP contribution is -2.20. The Labute approximate surface area is 60.1 Å². The molecular formula is C7H12N2O. The van der Waals surface area contributed by atoms with Crippen LogP contribution >= 0.6 is 0 Å². The van der Waals surface area contributed by atoms with Crippen LogP contribution in [0.5, 0.6) is 0 Å². The summed E-state index contributed by atoms with van der Waals surface area (Å²) in [6.45, 7) is 0. The summed E-state index contributed by atoms with van der Waals surface area (Å²) in [5.41, 5.74) is 5.45. The molecule has 1 aliphatic rings. The third-order valence-corrected chi connectivity index (χ3v) is 1.85. The van der Waals surface area contributed by atoms with Crippen molar-refractivity contribution in [3.05, 3.63) is 12.0 Å². The molecule has 0 aromatic carbocycles. The van der Waals surface area contributed by atoms with Crippen molar-refractivity contribution in [2.24, 2.45) is 11.7 Å². The van der Waals surface area contributed by atoms with Gasteiger partial charge in [-0.1, -0.05) is 6.42 Å². The summed E-state index contributed by atoms with van der Waals surface area (Å²) in [7, 11) is 0. The Balaban J connectivity index is 2.41. The topological polar surface area (TPSA) is 70.1 Å². The highest BCUT2D eigenvalue weighted by molar-refractivity contribution is 5.94. The maximum Gasteiger partial charge on any atom is 0.183 e. The standard InChI is InChI=1S/C7H12N2O/c8-6(4-7(9)10)5-2-1-3-5/h4-5,8,10H,1-3,9H2/b7-4-,8-6?. The van der Waals surface area contributed by atoms with Crippen molar-refractivity contribution >= 4 is 5.71 Å². The largest absolute Gasteiger partial charge is 0.495 e. The summed E-state index contributed by atoms with van der Waals surface area (Å²) < 4.78 is 0. The second-order valence-corrected chi connectivity index (χ2v) is 2.65. The first-order valence-corrected chi connectivity index (χ1v) is 3.44. The van der Waals surface area contributed by atoms with E-state index in [0.717, 1.165) is 12.8 Å². The lowest BCUT2D eigenvalue weighted by atomic mass is 9.82. The van der Waals surface area contributed by atoms with Crippen LogP contribution in [0.25, 0.3) is 0 Å². The second-order valence-electron chi connectivity index (χ2n) is 2.65. The molecule has 0 heterocycles. The molecule has 10 heavy (non-hydrogen) atoms. The first kappa shape index (κ1) is 7.12. The average molecular weight is 140 g/mol. The number of allylic oxidation sites excluding steroid dienone is 1. The third kappa shape index (κ3) is 1.50. The van der Waals surface area contributed by atoms with Crippen LogP contribution in [0.15, 0.2) is 12.0 Å². The van der Waals surface area contributed by atoms with Crippen molar-refractivity contribution in [2.75, 3.05) is 0 Å². The molecule has 3 heteroatoms. The third-order valence-electron chi connectivity index (χ3n) is 1.85. The fourth-order valence-corrected chi connectivity index (χ4v) is 0.996. The minimum absolute atomic E-state index is 0.253.